The van der Waals surface area contributed by atoms with Crippen molar-refractivity contribution in [3.63, 3.8) is 0 Å². The number of nitrogens with zero attached hydrogens (tertiary/aromatic N) is 3. The molecule has 0 aliphatic rings. The second-order valence-electron chi connectivity index (χ2n) is 3.77. The van der Waals surface area contributed by atoms with Crippen molar-refractivity contribution in [2.24, 2.45) is 0 Å². The number of hydrogen-bond acceptors (Lipinski definition) is 8. The summed E-state index contributed by atoms with van der Waals surface area (Å²) in [4.78, 5) is 21.9. The predicted octanol–water partition coefficient (Wildman–Crippen LogP) is 2.22. The Kier molecular flexibility index (Phi) is 5.06. The SMILES string of the molecule is CNc1nnc(SCC(=O)Nc2cccc([N+](=O)[O-])c2)s1. The van der Waals surface area contributed by atoms with Gasteiger partial charge in [-0.05, 0) is 6.07 Å². The zero-order valence-corrected chi connectivity index (χ0v) is 12.5. The zero-order chi connectivity index (χ0) is 15.2. The second-order valence-corrected chi connectivity index (χ2v) is 5.97. The number of aromatic nitrogens is 2. The average Bonchev–Trinajstić information content (AvgIpc) is 2.93. The number of nitro benzene ring substituents is 1. The molecule has 2 N–H and O–H groups in total. The lowest BCUT2D eigenvalue weighted by atomic mass is 10.3. The fourth-order valence-corrected chi connectivity index (χ4v) is 2.90. The summed E-state index contributed by atoms with van der Waals surface area (Å²) in [5, 5.41) is 24.6. The highest BCUT2D eigenvalue weighted by Gasteiger charge is 2.10. The highest BCUT2D eigenvalue weighted by molar-refractivity contribution is 8.01. The van der Waals surface area contributed by atoms with E-state index in [2.05, 4.69) is 20.8 Å². The molecule has 0 saturated carbocycles. The molecule has 0 aliphatic carbocycles. The monoisotopic (exact) mass is 325 g/mol. The van der Waals surface area contributed by atoms with Crippen molar-refractivity contribution in [3.8, 4) is 0 Å². The summed E-state index contributed by atoms with van der Waals surface area (Å²) in [6.07, 6.45) is 0. The largest absolute Gasteiger partial charge is 0.363 e. The molecule has 0 saturated heterocycles. The third kappa shape index (κ3) is 4.39. The molecule has 1 heterocycles. The summed E-state index contributed by atoms with van der Waals surface area (Å²) in [5.41, 5.74) is 0.325. The molecule has 21 heavy (non-hydrogen) atoms. The molecule has 0 unspecified atom stereocenters. The Hall–Kier alpha value is -2.20. The van der Waals surface area contributed by atoms with E-state index in [1.807, 2.05) is 0 Å². The van der Waals surface area contributed by atoms with Crippen LogP contribution >= 0.6 is 23.1 Å². The number of benzene rings is 1. The first kappa shape index (κ1) is 15.2. The molecule has 2 rings (SSSR count). The summed E-state index contributed by atoms with van der Waals surface area (Å²) < 4.78 is 0.675. The van der Waals surface area contributed by atoms with Crippen molar-refractivity contribution in [2.75, 3.05) is 23.4 Å². The standard InChI is InChI=1S/C11H11N5O3S2/c1-12-10-14-15-11(21-10)20-6-9(17)13-7-3-2-4-8(5-7)16(18)19/h2-5H,6H2,1H3,(H,12,14)(H,13,17). The lowest BCUT2D eigenvalue weighted by Crippen LogP contribution is -2.14. The maximum Gasteiger partial charge on any atom is 0.271 e. The smallest absolute Gasteiger partial charge is 0.271 e. The van der Waals surface area contributed by atoms with Crippen LogP contribution in [0.1, 0.15) is 0 Å². The molecule has 0 atom stereocenters. The number of carbonyl (C=O) groups excluding carboxylic acids is 1. The van der Waals surface area contributed by atoms with Gasteiger partial charge in [-0.1, -0.05) is 29.2 Å². The first-order valence-electron chi connectivity index (χ1n) is 5.77. The zero-order valence-electron chi connectivity index (χ0n) is 10.9. The Balaban J connectivity index is 1.89. The maximum atomic E-state index is 11.8. The summed E-state index contributed by atoms with van der Waals surface area (Å²) in [7, 11) is 1.74. The summed E-state index contributed by atoms with van der Waals surface area (Å²) in [6, 6.07) is 5.79. The van der Waals surface area contributed by atoms with E-state index in [0.717, 1.165) is 0 Å². The van der Waals surface area contributed by atoms with Gasteiger partial charge in [0.1, 0.15) is 0 Å². The third-order valence-electron chi connectivity index (χ3n) is 2.29. The molecule has 0 aliphatic heterocycles. The molecule has 110 valence electrons. The van der Waals surface area contributed by atoms with E-state index in [4.69, 9.17) is 0 Å². The molecule has 10 heteroatoms. The first-order valence-corrected chi connectivity index (χ1v) is 7.57. The molecule has 8 nitrogen and oxygen atoms in total. The van der Waals surface area contributed by atoms with Gasteiger partial charge < -0.3 is 10.6 Å². The van der Waals surface area contributed by atoms with E-state index in [1.54, 1.807) is 13.1 Å². The average molecular weight is 325 g/mol. The van der Waals surface area contributed by atoms with E-state index in [-0.39, 0.29) is 17.3 Å². The fourth-order valence-electron chi connectivity index (χ4n) is 1.39. The third-order valence-corrected chi connectivity index (χ3v) is 4.36. The molecule has 1 amide bonds. The van der Waals surface area contributed by atoms with Crippen LogP contribution in [0, 0.1) is 10.1 Å². The van der Waals surface area contributed by atoms with E-state index < -0.39 is 4.92 Å². The molecule has 0 bridgehead atoms. The summed E-state index contributed by atoms with van der Waals surface area (Å²) >= 11 is 2.60. The lowest BCUT2D eigenvalue weighted by molar-refractivity contribution is -0.384. The molecule has 1 aromatic carbocycles. The Morgan fingerprint density at radius 1 is 1.48 bits per heavy atom. The molecule has 0 fully saturated rings. The van der Waals surface area contributed by atoms with Gasteiger partial charge in [0.2, 0.25) is 11.0 Å². The number of nitro groups is 1. The topological polar surface area (TPSA) is 110 Å². The Bertz CT molecular complexity index is 661. The minimum atomic E-state index is -0.509. The minimum Gasteiger partial charge on any atom is -0.363 e. The van der Waals surface area contributed by atoms with Crippen LogP contribution in [0.3, 0.4) is 0 Å². The van der Waals surface area contributed by atoms with Gasteiger partial charge in [-0.3, -0.25) is 14.9 Å². The highest BCUT2D eigenvalue weighted by Crippen LogP contribution is 2.25. The van der Waals surface area contributed by atoms with Crippen LogP contribution in [-0.2, 0) is 4.79 Å². The number of thioether (sulfide) groups is 1. The van der Waals surface area contributed by atoms with Crippen molar-refractivity contribution in [1.82, 2.24) is 10.2 Å². The van der Waals surface area contributed by atoms with Crippen molar-refractivity contribution < 1.29 is 9.72 Å². The maximum absolute atomic E-state index is 11.8. The van der Waals surface area contributed by atoms with E-state index in [1.165, 1.54) is 41.3 Å². The highest BCUT2D eigenvalue weighted by atomic mass is 32.2. The van der Waals surface area contributed by atoms with Gasteiger partial charge in [-0.25, -0.2) is 0 Å². The van der Waals surface area contributed by atoms with Crippen LogP contribution in [-0.4, -0.2) is 33.8 Å². The van der Waals surface area contributed by atoms with Gasteiger partial charge in [0.15, 0.2) is 4.34 Å². The van der Waals surface area contributed by atoms with Crippen molar-refractivity contribution in [1.29, 1.82) is 0 Å². The van der Waals surface area contributed by atoms with Crippen LogP contribution < -0.4 is 10.6 Å². The van der Waals surface area contributed by atoms with Crippen LogP contribution in [0.25, 0.3) is 0 Å². The van der Waals surface area contributed by atoms with E-state index >= 15 is 0 Å². The fraction of sp³-hybridized carbons (Fsp3) is 0.182. The van der Waals surface area contributed by atoms with Crippen molar-refractivity contribution in [2.45, 2.75) is 4.34 Å². The van der Waals surface area contributed by atoms with Crippen LogP contribution in [0.15, 0.2) is 28.6 Å². The molecular weight excluding hydrogens is 314 g/mol. The van der Waals surface area contributed by atoms with Crippen LogP contribution in [0.5, 0.6) is 0 Å². The molecule has 0 radical (unpaired) electrons. The Morgan fingerprint density at radius 3 is 2.95 bits per heavy atom. The predicted molar refractivity (Wildman–Crippen MR) is 81.9 cm³/mol. The Morgan fingerprint density at radius 2 is 2.29 bits per heavy atom. The quantitative estimate of drug-likeness (QED) is 0.476. The summed E-state index contributed by atoms with van der Waals surface area (Å²) in [6.45, 7) is 0. The number of amides is 1. The molecular formula is C11H11N5O3S2. The Labute approximate surface area is 128 Å². The van der Waals surface area contributed by atoms with Crippen LogP contribution in [0.4, 0.5) is 16.5 Å². The number of hydrogen-bond donors (Lipinski definition) is 2. The summed E-state index contributed by atoms with van der Waals surface area (Å²) in [5.74, 6) is -0.109. The molecule has 2 aromatic rings. The van der Waals surface area contributed by atoms with Crippen molar-refractivity contribution in [3.05, 3.63) is 34.4 Å². The minimum absolute atomic E-state index is 0.0664. The molecule has 0 spiro atoms. The number of rotatable bonds is 6. The van der Waals surface area contributed by atoms with Gasteiger partial charge in [0, 0.05) is 24.9 Å². The number of nitrogens with one attached hydrogen (secondary N) is 2. The van der Waals surface area contributed by atoms with E-state index in [9.17, 15) is 14.9 Å². The normalized spacial score (nSPS) is 10.1. The van der Waals surface area contributed by atoms with E-state index in [0.29, 0.717) is 15.2 Å². The molecule has 1 aromatic heterocycles. The van der Waals surface area contributed by atoms with Gasteiger partial charge >= 0.3 is 0 Å². The number of anilines is 2. The van der Waals surface area contributed by atoms with Gasteiger partial charge in [0.25, 0.3) is 5.69 Å². The van der Waals surface area contributed by atoms with Crippen LogP contribution in [0.2, 0.25) is 0 Å². The number of carbonyl (C=O) groups is 1. The van der Waals surface area contributed by atoms with Crippen molar-refractivity contribution >= 4 is 45.5 Å². The van der Waals surface area contributed by atoms with Gasteiger partial charge in [0.05, 0.1) is 10.7 Å². The first-order chi connectivity index (χ1) is 10.1. The number of non-ortho nitro benzene ring substituents is 1. The van der Waals surface area contributed by atoms with Gasteiger partial charge in [-0.15, -0.1) is 10.2 Å². The second kappa shape index (κ2) is 6.99. The lowest BCUT2D eigenvalue weighted by Gasteiger charge is -2.03. The van der Waals surface area contributed by atoms with Gasteiger partial charge in [-0.2, -0.15) is 0 Å².